The fourth-order valence-corrected chi connectivity index (χ4v) is 7.20. The Morgan fingerprint density at radius 1 is 0.979 bits per heavy atom. The van der Waals surface area contributed by atoms with Gasteiger partial charge in [-0.1, -0.05) is 98.1 Å². The van der Waals surface area contributed by atoms with E-state index in [1.165, 1.54) is 4.90 Å². The van der Waals surface area contributed by atoms with Gasteiger partial charge in [-0.3, -0.25) is 19.2 Å². The Hall–Kier alpha value is -3.96. The number of nitrogens with two attached hydrogens (primary N) is 1. The molecule has 2 aliphatic carbocycles. The Morgan fingerprint density at radius 2 is 1.60 bits per heavy atom. The van der Waals surface area contributed by atoms with E-state index >= 15 is 0 Å². The monoisotopic (exact) mass is 667 g/mol. The fourth-order valence-electron chi connectivity index (χ4n) is 7.20. The first-order chi connectivity index (χ1) is 22.3. The molecule has 0 radical (unpaired) electrons. The lowest BCUT2D eigenvalue weighted by Crippen LogP contribution is -2.62. The van der Waals surface area contributed by atoms with Crippen molar-refractivity contribution in [3.05, 3.63) is 35.9 Å². The summed E-state index contributed by atoms with van der Waals surface area (Å²) < 4.78 is 5.68. The number of urea groups is 1. The number of nitrogens with one attached hydrogen (secondary N) is 3. The molecular formula is C36H53N5O7. The van der Waals surface area contributed by atoms with E-state index in [1.807, 2.05) is 65.0 Å². The van der Waals surface area contributed by atoms with E-state index in [4.69, 9.17) is 10.5 Å². The second-order valence-electron chi connectivity index (χ2n) is 15.8. The van der Waals surface area contributed by atoms with Crippen LogP contribution in [0.2, 0.25) is 0 Å². The molecule has 12 nitrogen and oxygen atoms in total. The Morgan fingerprint density at radius 3 is 2.12 bits per heavy atom. The smallest absolute Gasteiger partial charge is 0.329 e. The van der Waals surface area contributed by atoms with Gasteiger partial charge in [0.1, 0.15) is 24.2 Å². The van der Waals surface area contributed by atoms with Crippen LogP contribution >= 0.6 is 0 Å². The van der Waals surface area contributed by atoms with Crippen LogP contribution in [0, 0.1) is 34.5 Å². The summed E-state index contributed by atoms with van der Waals surface area (Å²) in [7, 11) is 0. The number of hydrogen-bond acceptors (Lipinski definition) is 7. The van der Waals surface area contributed by atoms with Crippen molar-refractivity contribution in [2.45, 2.75) is 111 Å². The average molecular weight is 668 g/mol. The van der Waals surface area contributed by atoms with Crippen LogP contribution in [-0.4, -0.2) is 71.1 Å². The van der Waals surface area contributed by atoms with E-state index in [9.17, 15) is 28.8 Å². The largest absolute Gasteiger partial charge is 0.456 e. The number of likely N-dealkylation sites (tertiary alicyclic amines) is 1. The van der Waals surface area contributed by atoms with E-state index in [1.54, 1.807) is 20.8 Å². The molecule has 0 bridgehead atoms. The van der Waals surface area contributed by atoms with Gasteiger partial charge in [0, 0.05) is 6.54 Å². The Kier molecular flexibility index (Phi) is 11.0. The second-order valence-corrected chi connectivity index (χ2v) is 15.8. The number of hydrogen-bond donors (Lipinski definition) is 4. The number of primary amides is 1. The lowest BCUT2D eigenvalue weighted by Gasteiger charge is -2.38. The number of piperidine rings is 1. The third-order valence-corrected chi connectivity index (χ3v) is 10.6. The molecule has 1 saturated heterocycles. The molecule has 3 fully saturated rings. The maximum absolute atomic E-state index is 14.3. The molecule has 1 unspecified atom stereocenters. The van der Waals surface area contributed by atoms with Crippen LogP contribution in [-0.2, 0) is 28.7 Å². The number of rotatable bonds is 13. The minimum absolute atomic E-state index is 0.0512. The first kappa shape index (κ1) is 36.9. The highest BCUT2D eigenvalue weighted by molar-refractivity contribution is 6.37. The van der Waals surface area contributed by atoms with E-state index < -0.39 is 71.2 Å². The minimum atomic E-state index is -1.11. The van der Waals surface area contributed by atoms with Crippen molar-refractivity contribution >= 4 is 35.5 Å². The molecule has 48 heavy (non-hydrogen) atoms. The molecule has 1 aliphatic heterocycles. The molecule has 0 spiro atoms. The molecule has 5 amide bonds. The summed E-state index contributed by atoms with van der Waals surface area (Å²) in [6.45, 7) is 15.1. The highest BCUT2D eigenvalue weighted by atomic mass is 16.5. The van der Waals surface area contributed by atoms with Crippen molar-refractivity contribution in [3.8, 4) is 0 Å². The maximum Gasteiger partial charge on any atom is 0.329 e. The number of carbonyl (C=O) groups excluding carboxylic acids is 6. The molecule has 1 aromatic rings. The molecule has 3 aliphatic rings. The number of carbonyl (C=O) groups is 6. The fraction of sp³-hybridized carbons (Fsp3) is 0.667. The molecule has 2 saturated carbocycles. The second kappa shape index (κ2) is 14.3. The number of esters is 1. The predicted molar refractivity (Wildman–Crippen MR) is 179 cm³/mol. The van der Waals surface area contributed by atoms with Crippen molar-refractivity contribution in [1.29, 1.82) is 0 Å². The van der Waals surface area contributed by atoms with Gasteiger partial charge >= 0.3 is 12.0 Å². The van der Waals surface area contributed by atoms with Gasteiger partial charge in [0.2, 0.25) is 17.6 Å². The zero-order valence-corrected chi connectivity index (χ0v) is 29.5. The van der Waals surface area contributed by atoms with E-state index in [2.05, 4.69) is 16.0 Å². The number of amides is 5. The van der Waals surface area contributed by atoms with Gasteiger partial charge in [-0.2, -0.15) is 0 Å². The first-order valence-electron chi connectivity index (χ1n) is 17.1. The highest BCUT2D eigenvalue weighted by Crippen LogP contribution is 2.65. The van der Waals surface area contributed by atoms with Crippen LogP contribution in [0.1, 0.15) is 92.7 Å². The van der Waals surface area contributed by atoms with Crippen LogP contribution in [0.5, 0.6) is 0 Å². The zero-order chi connectivity index (χ0) is 35.7. The van der Waals surface area contributed by atoms with Gasteiger partial charge < -0.3 is 31.3 Å². The van der Waals surface area contributed by atoms with Crippen LogP contribution in [0.4, 0.5) is 4.79 Å². The third kappa shape index (κ3) is 8.01. The van der Waals surface area contributed by atoms with Crippen molar-refractivity contribution in [3.63, 3.8) is 0 Å². The Bertz CT molecular complexity index is 1400. The molecule has 5 N–H and O–H groups in total. The van der Waals surface area contributed by atoms with Gasteiger partial charge in [-0.25, -0.2) is 9.59 Å². The number of ketones is 1. The summed E-state index contributed by atoms with van der Waals surface area (Å²) in [5.74, 6) is -3.71. The van der Waals surface area contributed by atoms with Crippen molar-refractivity contribution < 1.29 is 33.5 Å². The van der Waals surface area contributed by atoms with Crippen molar-refractivity contribution in [2.75, 3.05) is 6.54 Å². The van der Waals surface area contributed by atoms with Crippen LogP contribution in [0.3, 0.4) is 0 Å². The standard InChI is InChI=1S/C36H53N5O7/c1-19(2)26(33(46)48-20(3)22-15-10-9-11-16-22)39-34(47)40-29(35(4,5)6)32(45)41-18-23-25(36(23,7)8)27(41)31(44)38-24(28(42)30(37)43)17-21-13-12-14-21/h9-11,15-16,19-21,23-27,29H,12-14,17-18H2,1-8H3,(H2,37,43)(H,38,44)(H2,39,40,47)/t20-,23+,24?,25+,26+,27+,29-/m1/s1. The van der Waals surface area contributed by atoms with Crippen molar-refractivity contribution in [2.24, 2.45) is 40.2 Å². The molecule has 264 valence electrons. The lowest BCUT2D eigenvalue weighted by molar-refractivity contribution is -0.152. The molecule has 1 heterocycles. The minimum Gasteiger partial charge on any atom is -0.456 e. The van der Waals surface area contributed by atoms with Crippen LogP contribution in [0.25, 0.3) is 0 Å². The van der Waals surface area contributed by atoms with E-state index in [-0.39, 0.29) is 29.1 Å². The summed E-state index contributed by atoms with van der Waals surface area (Å²) in [5.41, 5.74) is 5.16. The molecular weight excluding hydrogens is 614 g/mol. The molecule has 0 aromatic heterocycles. The lowest BCUT2D eigenvalue weighted by atomic mass is 9.80. The van der Waals surface area contributed by atoms with Gasteiger partial charge in [0.05, 0.1) is 6.04 Å². The molecule has 12 heteroatoms. The van der Waals surface area contributed by atoms with Gasteiger partial charge in [0.25, 0.3) is 5.91 Å². The number of ether oxygens (including phenoxy) is 1. The normalized spacial score (nSPS) is 23.9. The predicted octanol–water partition coefficient (Wildman–Crippen LogP) is 3.24. The van der Waals surface area contributed by atoms with E-state index in [0.717, 1.165) is 24.8 Å². The summed E-state index contributed by atoms with van der Waals surface area (Å²) in [5, 5.41) is 8.28. The number of Topliss-reactive ketones (excluding diaryl/α,β-unsaturated/α-hetero) is 1. The number of benzene rings is 1. The Balaban J connectivity index is 1.49. The summed E-state index contributed by atoms with van der Waals surface area (Å²) in [6.07, 6.45) is 2.63. The highest BCUT2D eigenvalue weighted by Gasteiger charge is 2.70. The maximum atomic E-state index is 14.3. The summed E-state index contributed by atoms with van der Waals surface area (Å²) in [6, 6.07) is 4.56. The van der Waals surface area contributed by atoms with Crippen LogP contribution in [0.15, 0.2) is 30.3 Å². The summed E-state index contributed by atoms with van der Waals surface area (Å²) in [4.78, 5) is 80.9. The van der Waals surface area contributed by atoms with E-state index in [0.29, 0.717) is 13.0 Å². The quantitative estimate of drug-likeness (QED) is 0.184. The SMILES string of the molecule is CC(C)[C@H](NC(=O)N[C@H](C(=O)N1C[C@H]2[C@@H]([C@H]1C(=O)NC(CC1CCC1)C(=O)C(N)=O)C2(C)C)C(C)(C)C)C(=O)O[C@H](C)c1ccccc1. The molecule has 4 rings (SSSR count). The first-order valence-corrected chi connectivity index (χ1v) is 17.1. The van der Waals surface area contributed by atoms with Gasteiger partial charge in [-0.15, -0.1) is 0 Å². The third-order valence-electron chi connectivity index (χ3n) is 10.6. The molecule has 1 aromatic carbocycles. The van der Waals surface area contributed by atoms with Crippen molar-refractivity contribution in [1.82, 2.24) is 20.9 Å². The van der Waals surface area contributed by atoms with Gasteiger partial charge in [-0.05, 0) is 53.4 Å². The van der Waals surface area contributed by atoms with Gasteiger partial charge in [0.15, 0.2) is 0 Å². The Labute approximate surface area is 283 Å². The summed E-state index contributed by atoms with van der Waals surface area (Å²) >= 11 is 0. The number of nitrogens with zero attached hydrogens (tertiary/aromatic N) is 1. The molecule has 7 atom stereocenters. The average Bonchev–Trinajstić information content (AvgIpc) is 3.30. The number of fused-ring (bicyclic) bond motifs is 1. The van der Waals surface area contributed by atoms with Crippen LogP contribution < -0.4 is 21.7 Å². The topological polar surface area (TPSA) is 177 Å². The zero-order valence-electron chi connectivity index (χ0n) is 29.5.